The second-order valence-corrected chi connectivity index (χ2v) is 32.1. The van der Waals surface area contributed by atoms with Gasteiger partial charge in [-0.25, -0.2) is 67.3 Å². The first-order valence-corrected chi connectivity index (χ1v) is 32.0. The van der Waals surface area contributed by atoms with E-state index in [1.165, 1.54) is 58.4 Å². The van der Waals surface area contributed by atoms with Gasteiger partial charge >= 0.3 is 0 Å². The minimum atomic E-state index is -4.46. The smallest absolute Gasteiger partial charge is 0.228 e. The van der Waals surface area contributed by atoms with Gasteiger partial charge in [-0.2, -0.15) is 0 Å². The molecule has 1 aromatic rings. The van der Waals surface area contributed by atoms with E-state index in [0.717, 1.165) is 28.2 Å². The Morgan fingerprint density at radius 1 is 0.453 bits per heavy atom. The molecular weight excluding hydrogens is 1010 g/mol. The second kappa shape index (κ2) is 19.7. The highest BCUT2D eigenvalue weighted by atomic mass is 32.3. The fraction of sp³-hybridized carbons (Fsp3) is 0.562. The van der Waals surface area contributed by atoms with Crippen molar-refractivity contribution in [1.29, 1.82) is 0 Å². The highest BCUT2D eigenvalue weighted by Crippen LogP contribution is 2.38. The van der Waals surface area contributed by atoms with Gasteiger partial charge in [0.05, 0.1) is 53.6 Å². The van der Waals surface area contributed by atoms with Crippen molar-refractivity contribution < 1.29 is 76.9 Å². The molecule has 2 aliphatic carbocycles. The SMILES string of the molecule is CN(S(C)(=O)=O)S(=O)(=O)CCN(CCS(=O)(=O)N(C)S(C)(=O)=O)c1ccc(C2C(=O)C(=C3C=CC(N(CCS(=O)(=O)N(C)S(C)(=O)=O)CCS(=O)(=O)N(C)S(C)(=O)=O)C=C3)C2=O)cc1. The number of carbonyl (C=O) groups excluding carboxylic acids is 2. The van der Waals surface area contributed by atoms with Crippen LogP contribution in [0.3, 0.4) is 0 Å². The predicted molar refractivity (Wildman–Crippen MR) is 238 cm³/mol. The number of Topliss-reactive ketones (excluding diaryl/α,β-unsaturated/α-hetero) is 2. The van der Waals surface area contributed by atoms with E-state index in [2.05, 4.69) is 0 Å². The molecule has 0 radical (unpaired) electrons. The summed E-state index contributed by atoms with van der Waals surface area (Å²) < 4.78 is 198. The van der Waals surface area contributed by atoms with Gasteiger partial charge in [0, 0.05) is 66.1 Å². The van der Waals surface area contributed by atoms with E-state index in [9.17, 15) is 76.9 Å². The number of rotatable bonds is 23. The molecule has 1 saturated carbocycles. The maximum Gasteiger partial charge on any atom is 0.228 e. The summed E-state index contributed by atoms with van der Waals surface area (Å²) in [5, 5.41) is 0. The van der Waals surface area contributed by atoms with Gasteiger partial charge in [0.15, 0.2) is 11.6 Å². The standard InChI is InChI=1S/C32H50N6O18S8/c1-33(57(5,41)42)61(49,50)21-17-37(18-22-62(51,52)34(2)58(6,43)44)27-13-9-25(10-14-27)29-31(39)30(32(29)40)26-11-15-28(16-12-26)38(19-23-63(53,54)35(3)59(7,45)46)20-24-64(55,56)36(4)60(8,47)48/h9-16,27,30H,17-24H2,1-8H3. The van der Waals surface area contributed by atoms with Crippen molar-refractivity contribution >= 4 is 97.4 Å². The molecule has 0 amide bonds. The Kier molecular flexibility index (Phi) is 17.0. The molecule has 3 rings (SSSR count). The largest absolute Gasteiger partial charge is 0.369 e. The zero-order chi connectivity index (χ0) is 49.4. The lowest BCUT2D eigenvalue weighted by Gasteiger charge is -2.32. The van der Waals surface area contributed by atoms with Crippen LogP contribution >= 0.6 is 0 Å². The van der Waals surface area contributed by atoms with Crippen LogP contribution in [0.15, 0.2) is 59.7 Å². The predicted octanol–water partition coefficient (Wildman–Crippen LogP) is -3.29. The molecule has 0 aliphatic heterocycles. The van der Waals surface area contributed by atoms with E-state index >= 15 is 0 Å². The number of benzene rings is 1. The van der Waals surface area contributed by atoms with E-state index in [4.69, 9.17) is 0 Å². The number of nitrogens with zero attached hydrogens (tertiary/aromatic N) is 6. The Balaban J connectivity index is 1.89. The number of allylic oxidation sites excluding steroid dienone is 4. The summed E-state index contributed by atoms with van der Waals surface area (Å²) in [6, 6.07) is 4.51. The molecule has 0 unspecified atom stereocenters. The van der Waals surface area contributed by atoms with E-state index in [-0.39, 0.29) is 37.2 Å². The van der Waals surface area contributed by atoms with Crippen molar-refractivity contribution in [3.8, 4) is 0 Å². The molecule has 0 spiro atoms. The summed E-state index contributed by atoms with van der Waals surface area (Å²) >= 11 is 0. The Labute approximate surface area is 376 Å². The molecule has 0 saturated heterocycles. The lowest BCUT2D eigenvalue weighted by molar-refractivity contribution is -0.133. The normalized spacial score (nSPS) is 18.5. The third-order valence-corrected chi connectivity index (χ3v) is 25.9. The van der Waals surface area contributed by atoms with Crippen LogP contribution in [0.5, 0.6) is 0 Å². The van der Waals surface area contributed by atoms with Crippen molar-refractivity contribution in [3.63, 3.8) is 0 Å². The Bertz CT molecular complexity index is 2850. The zero-order valence-electron chi connectivity index (χ0n) is 35.7. The van der Waals surface area contributed by atoms with E-state index in [1.54, 1.807) is 0 Å². The van der Waals surface area contributed by atoms with Gasteiger partial charge in [0.2, 0.25) is 80.2 Å². The third kappa shape index (κ3) is 13.5. The number of carbonyl (C=O) groups is 2. The van der Waals surface area contributed by atoms with Crippen LogP contribution in [0.25, 0.3) is 0 Å². The van der Waals surface area contributed by atoms with Crippen molar-refractivity contribution in [1.82, 2.24) is 19.7 Å². The molecule has 0 aromatic heterocycles. The molecule has 364 valence electrons. The summed E-state index contributed by atoms with van der Waals surface area (Å²) in [4.78, 5) is 29.5. The topological polar surface area (TPSA) is 327 Å². The average Bonchev–Trinajstić information content (AvgIpc) is 3.16. The van der Waals surface area contributed by atoms with Crippen LogP contribution in [-0.4, -0.2) is 207 Å². The van der Waals surface area contributed by atoms with Gasteiger partial charge < -0.3 is 4.90 Å². The van der Waals surface area contributed by atoms with Gasteiger partial charge in [-0.15, -0.1) is 0 Å². The summed E-state index contributed by atoms with van der Waals surface area (Å²) in [5.41, 5.74) is 0.268. The third-order valence-electron chi connectivity index (χ3n) is 10.2. The monoisotopic (exact) mass is 1060 g/mol. The van der Waals surface area contributed by atoms with E-state index in [1.807, 2.05) is 0 Å². The molecule has 0 heterocycles. The van der Waals surface area contributed by atoms with Crippen LogP contribution in [0.4, 0.5) is 5.69 Å². The van der Waals surface area contributed by atoms with Crippen molar-refractivity contribution in [2.45, 2.75) is 12.0 Å². The first kappa shape index (κ1) is 55.3. The maximum atomic E-state index is 13.5. The fourth-order valence-electron chi connectivity index (χ4n) is 5.89. The number of hydrogen-bond acceptors (Lipinski definition) is 20. The molecule has 1 fully saturated rings. The molecule has 64 heavy (non-hydrogen) atoms. The molecule has 32 heteroatoms. The first-order chi connectivity index (χ1) is 28.8. The zero-order valence-corrected chi connectivity index (χ0v) is 42.3. The second-order valence-electron chi connectivity index (χ2n) is 14.7. The average molecular weight is 1060 g/mol. The highest BCUT2D eigenvalue weighted by Gasteiger charge is 2.46. The molecule has 24 nitrogen and oxygen atoms in total. The van der Waals surface area contributed by atoms with Gasteiger partial charge in [-0.05, 0) is 23.3 Å². The van der Waals surface area contributed by atoms with E-state index < -0.39 is 153 Å². The maximum absolute atomic E-state index is 13.5. The van der Waals surface area contributed by atoms with Gasteiger partial charge in [-0.1, -0.05) is 51.3 Å². The lowest BCUT2D eigenvalue weighted by atomic mass is 9.70. The summed E-state index contributed by atoms with van der Waals surface area (Å²) in [7, 11) is -31.3. The first-order valence-electron chi connectivity index (χ1n) is 18.2. The van der Waals surface area contributed by atoms with Gasteiger partial charge in [0.25, 0.3) is 0 Å². The summed E-state index contributed by atoms with van der Waals surface area (Å²) in [5.74, 6) is -5.81. The Morgan fingerprint density at radius 3 is 1.05 bits per heavy atom. The van der Waals surface area contributed by atoms with Crippen molar-refractivity contribution in [3.05, 3.63) is 65.3 Å². The van der Waals surface area contributed by atoms with Crippen LogP contribution in [0.2, 0.25) is 0 Å². The molecular formula is C32H50N6O18S8. The molecule has 0 atom stereocenters. The molecule has 1 aromatic carbocycles. The minimum absolute atomic E-state index is 0.139. The van der Waals surface area contributed by atoms with Crippen molar-refractivity contribution in [2.75, 3.05) is 107 Å². The quantitative estimate of drug-likeness (QED) is 0.0589. The van der Waals surface area contributed by atoms with Crippen LogP contribution in [-0.2, 0) is 89.8 Å². The Morgan fingerprint density at radius 2 is 0.750 bits per heavy atom. The van der Waals surface area contributed by atoms with Gasteiger partial charge in [0.1, 0.15) is 5.92 Å². The molecule has 0 bridgehead atoms. The number of sulfonamides is 8. The summed E-state index contributed by atoms with van der Waals surface area (Å²) in [6.07, 6.45) is 8.23. The number of anilines is 1. The van der Waals surface area contributed by atoms with Crippen LogP contribution in [0, 0.1) is 0 Å². The van der Waals surface area contributed by atoms with Crippen LogP contribution < -0.4 is 4.90 Å². The van der Waals surface area contributed by atoms with Crippen molar-refractivity contribution in [2.24, 2.45) is 0 Å². The molecule has 0 N–H and O–H groups in total. The fourth-order valence-corrected chi connectivity index (χ4v) is 16.2. The van der Waals surface area contributed by atoms with Crippen LogP contribution in [0.1, 0.15) is 11.5 Å². The highest BCUT2D eigenvalue weighted by molar-refractivity contribution is 8.05. The Hall–Kier alpha value is -3.02. The lowest BCUT2D eigenvalue weighted by Crippen LogP contribution is -2.45. The number of hydrogen-bond donors (Lipinski definition) is 0. The number of ketones is 2. The van der Waals surface area contributed by atoms with Gasteiger partial charge in [-0.3, -0.25) is 14.5 Å². The molecule has 2 aliphatic rings. The summed E-state index contributed by atoms with van der Waals surface area (Å²) in [6.45, 7) is -1.84. The minimum Gasteiger partial charge on any atom is -0.369 e. The van der Waals surface area contributed by atoms with E-state index in [0.29, 0.717) is 25.0 Å².